The minimum Gasteiger partial charge on any atom is -0.497 e. The molecule has 0 fully saturated rings. The van der Waals surface area contributed by atoms with Crippen LogP contribution in [0.15, 0.2) is 18.2 Å². The van der Waals surface area contributed by atoms with Gasteiger partial charge in [0.25, 0.3) is 0 Å². The summed E-state index contributed by atoms with van der Waals surface area (Å²) in [6.07, 6.45) is -7.13. The monoisotopic (exact) mass is 234 g/mol. The lowest BCUT2D eigenvalue weighted by molar-refractivity contribution is -0.154. The molecule has 0 saturated carbocycles. The molecule has 0 spiro atoms. The zero-order valence-corrected chi connectivity index (χ0v) is 9.01. The Balaban J connectivity index is 2.88. The summed E-state index contributed by atoms with van der Waals surface area (Å²) in [5.41, 5.74) is 0.856. The average Bonchev–Trinajstić information content (AvgIpc) is 2.14. The van der Waals surface area contributed by atoms with Crippen molar-refractivity contribution in [1.82, 2.24) is 0 Å². The number of rotatable bonds is 3. The van der Waals surface area contributed by atoms with Crippen LogP contribution >= 0.6 is 0 Å². The van der Waals surface area contributed by atoms with Gasteiger partial charge >= 0.3 is 6.18 Å². The minimum absolute atomic E-state index is 0.276. The van der Waals surface area contributed by atoms with E-state index in [0.717, 1.165) is 0 Å². The number of benzene rings is 1. The molecule has 0 bridgehead atoms. The van der Waals surface area contributed by atoms with Crippen molar-refractivity contribution in [2.75, 3.05) is 7.11 Å². The summed E-state index contributed by atoms with van der Waals surface area (Å²) >= 11 is 0. The van der Waals surface area contributed by atoms with E-state index in [-0.39, 0.29) is 5.56 Å². The third-order valence-corrected chi connectivity index (χ3v) is 2.26. The van der Waals surface area contributed by atoms with Gasteiger partial charge in [0.05, 0.1) is 19.6 Å². The number of alkyl halides is 3. The molecule has 0 aliphatic carbocycles. The van der Waals surface area contributed by atoms with Gasteiger partial charge < -0.3 is 9.84 Å². The van der Waals surface area contributed by atoms with Gasteiger partial charge in [0.2, 0.25) is 0 Å². The Morgan fingerprint density at radius 2 is 2.00 bits per heavy atom. The molecule has 0 aliphatic rings. The first-order chi connectivity index (χ1) is 7.33. The molecule has 16 heavy (non-hydrogen) atoms. The molecule has 0 heterocycles. The van der Waals surface area contributed by atoms with Crippen molar-refractivity contribution in [2.24, 2.45) is 0 Å². The zero-order chi connectivity index (χ0) is 12.3. The van der Waals surface area contributed by atoms with E-state index in [4.69, 9.17) is 4.74 Å². The van der Waals surface area contributed by atoms with Crippen LogP contribution in [0.1, 0.15) is 23.7 Å². The summed E-state index contributed by atoms with van der Waals surface area (Å²) in [5.74, 6) is 0.556. The maximum absolute atomic E-state index is 12.1. The Kier molecular flexibility index (Phi) is 3.80. The topological polar surface area (TPSA) is 29.5 Å². The lowest BCUT2D eigenvalue weighted by Crippen LogP contribution is -2.14. The number of hydrogen-bond acceptors (Lipinski definition) is 2. The van der Waals surface area contributed by atoms with Crippen LogP contribution in [0.3, 0.4) is 0 Å². The molecular formula is C11H13F3O2. The lowest BCUT2D eigenvalue weighted by Gasteiger charge is -2.16. The van der Waals surface area contributed by atoms with Crippen LogP contribution in [0.2, 0.25) is 0 Å². The van der Waals surface area contributed by atoms with Gasteiger partial charge in [-0.1, -0.05) is 6.07 Å². The summed E-state index contributed by atoms with van der Waals surface area (Å²) in [6.45, 7) is 1.64. The van der Waals surface area contributed by atoms with Crippen molar-refractivity contribution >= 4 is 0 Å². The summed E-state index contributed by atoms with van der Waals surface area (Å²) in [4.78, 5) is 0. The molecule has 1 aromatic rings. The van der Waals surface area contributed by atoms with Crippen LogP contribution in [0, 0.1) is 6.92 Å². The largest absolute Gasteiger partial charge is 0.497 e. The molecule has 1 N–H and O–H groups in total. The van der Waals surface area contributed by atoms with Crippen molar-refractivity contribution in [3.63, 3.8) is 0 Å². The van der Waals surface area contributed by atoms with Gasteiger partial charge in [-0.15, -0.1) is 0 Å². The molecule has 5 heteroatoms. The molecule has 0 aliphatic heterocycles. The van der Waals surface area contributed by atoms with E-state index in [0.29, 0.717) is 11.3 Å². The Hall–Kier alpha value is -1.23. The first kappa shape index (κ1) is 12.8. The lowest BCUT2D eigenvalue weighted by atomic mass is 10.0. The van der Waals surface area contributed by atoms with Gasteiger partial charge in [-0.05, 0) is 30.2 Å². The van der Waals surface area contributed by atoms with Crippen molar-refractivity contribution in [1.29, 1.82) is 0 Å². The number of aliphatic hydroxyl groups excluding tert-OH is 1. The van der Waals surface area contributed by atoms with E-state index < -0.39 is 18.7 Å². The highest BCUT2D eigenvalue weighted by atomic mass is 19.4. The Bertz CT molecular complexity index is 361. The molecule has 1 unspecified atom stereocenters. The van der Waals surface area contributed by atoms with Crippen molar-refractivity contribution < 1.29 is 23.0 Å². The van der Waals surface area contributed by atoms with Crippen LogP contribution < -0.4 is 4.74 Å². The quantitative estimate of drug-likeness (QED) is 0.871. The average molecular weight is 234 g/mol. The highest BCUT2D eigenvalue weighted by Crippen LogP contribution is 2.31. The molecule has 90 valence electrons. The summed E-state index contributed by atoms with van der Waals surface area (Å²) in [7, 11) is 1.47. The maximum Gasteiger partial charge on any atom is 0.391 e. The molecule has 1 rings (SSSR count). The second kappa shape index (κ2) is 4.74. The van der Waals surface area contributed by atoms with E-state index in [9.17, 15) is 18.3 Å². The fraction of sp³-hybridized carbons (Fsp3) is 0.455. The Morgan fingerprint density at radius 3 is 2.44 bits per heavy atom. The second-order valence-electron chi connectivity index (χ2n) is 3.56. The van der Waals surface area contributed by atoms with Crippen LogP contribution in [0.5, 0.6) is 5.75 Å². The summed E-state index contributed by atoms with van der Waals surface area (Å²) < 4.78 is 41.2. The fourth-order valence-corrected chi connectivity index (χ4v) is 1.48. The van der Waals surface area contributed by atoms with Crippen molar-refractivity contribution in [2.45, 2.75) is 25.6 Å². The first-order valence-electron chi connectivity index (χ1n) is 4.73. The minimum atomic E-state index is -4.37. The zero-order valence-electron chi connectivity index (χ0n) is 9.01. The number of ether oxygens (including phenoxy) is 1. The van der Waals surface area contributed by atoms with E-state index in [1.807, 2.05) is 0 Å². The smallest absolute Gasteiger partial charge is 0.391 e. The van der Waals surface area contributed by atoms with Crippen LogP contribution in [0.4, 0.5) is 13.2 Å². The van der Waals surface area contributed by atoms with Crippen LogP contribution in [0.25, 0.3) is 0 Å². The maximum atomic E-state index is 12.1. The number of methoxy groups -OCH3 is 1. The number of halogens is 3. The van der Waals surface area contributed by atoms with Gasteiger partial charge in [-0.2, -0.15) is 13.2 Å². The summed E-state index contributed by atoms with van der Waals surface area (Å²) in [6, 6.07) is 4.57. The third kappa shape index (κ3) is 3.41. The van der Waals surface area contributed by atoms with E-state index in [1.165, 1.54) is 19.2 Å². The molecule has 2 nitrogen and oxygen atoms in total. The first-order valence-corrected chi connectivity index (χ1v) is 4.73. The molecule has 0 aromatic heterocycles. The van der Waals surface area contributed by atoms with Gasteiger partial charge in [0.1, 0.15) is 5.75 Å². The number of aryl methyl sites for hydroxylation is 1. The fourth-order valence-electron chi connectivity index (χ4n) is 1.48. The highest BCUT2D eigenvalue weighted by Gasteiger charge is 2.32. The van der Waals surface area contributed by atoms with E-state index >= 15 is 0 Å². The molecule has 0 radical (unpaired) electrons. The predicted molar refractivity (Wildman–Crippen MR) is 53.4 cm³/mol. The van der Waals surface area contributed by atoms with Gasteiger partial charge in [0, 0.05) is 0 Å². The number of aliphatic hydroxyl groups is 1. The normalized spacial score (nSPS) is 13.6. The van der Waals surface area contributed by atoms with Crippen molar-refractivity contribution in [3.8, 4) is 5.75 Å². The summed E-state index contributed by atoms with van der Waals surface area (Å²) in [5, 5.41) is 9.44. The van der Waals surface area contributed by atoms with E-state index in [1.54, 1.807) is 13.0 Å². The second-order valence-corrected chi connectivity index (χ2v) is 3.56. The molecule has 1 aromatic carbocycles. The van der Waals surface area contributed by atoms with Crippen molar-refractivity contribution in [3.05, 3.63) is 29.3 Å². The van der Waals surface area contributed by atoms with Crippen LogP contribution in [-0.2, 0) is 0 Å². The predicted octanol–water partition coefficient (Wildman–Crippen LogP) is 2.99. The number of hydrogen-bond donors (Lipinski definition) is 1. The van der Waals surface area contributed by atoms with Gasteiger partial charge in [0.15, 0.2) is 0 Å². The highest BCUT2D eigenvalue weighted by molar-refractivity contribution is 5.36. The molecule has 1 atom stereocenters. The molecule has 0 saturated heterocycles. The Labute approximate surface area is 91.7 Å². The Morgan fingerprint density at radius 1 is 1.38 bits per heavy atom. The van der Waals surface area contributed by atoms with Crippen LogP contribution in [-0.4, -0.2) is 18.4 Å². The van der Waals surface area contributed by atoms with E-state index in [2.05, 4.69) is 0 Å². The molecular weight excluding hydrogens is 221 g/mol. The SMILES string of the molecule is COc1ccc(C(O)CC(F)(F)F)c(C)c1. The van der Waals surface area contributed by atoms with Gasteiger partial charge in [-0.3, -0.25) is 0 Å². The molecule has 0 amide bonds. The van der Waals surface area contributed by atoms with Gasteiger partial charge in [-0.25, -0.2) is 0 Å². The standard InChI is InChI=1S/C11H13F3O2/c1-7-5-8(16-2)3-4-9(7)10(15)6-11(12,13)14/h3-5,10,15H,6H2,1-2H3. The third-order valence-electron chi connectivity index (χ3n) is 2.26.